The van der Waals surface area contributed by atoms with Crippen LogP contribution in [-0.4, -0.2) is 34.5 Å². The van der Waals surface area contributed by atoms with E-state index in [-0.39, 0.29) is 59.7 Å². The van der Waals surface area contributed by atoms with Crippen molar-refractivity contribution in [2.45, 2.75) is 19.9 Å². The van der Waals surface area contributed by atoms with Gasteiger partial charge >= 0.3 is 29.6 Å². The second kappa shape index (κ2) is 4.94. The number of carboxylic acids is 1. The van der Waals surface area contributed by atoms with Gasteiger partial charge < -0.3 is 15.0 Å². The molecule has 6 heteroatoms. The van der Waals surface area contributed by atoms with E-state index >= 15 is 0 Å². The minimum atomic E-state index is -1.33. The van der Waals surface area contributed by atoms with Crippen molar-refractivity contribution in [2.75, 3.05) is 6.61 Å². The third-order valence-electron chi connectivity index (χ3n) is 3.11. The molecule has 86 valence electrons. The molecule has 2 atom stereocenters. The fourth-order valence-electron chi connectivity index (χ4n) is 2.31. The van der Waals surface area contributed by atoms with Gasteiger partial charge in [0, 0.05) is 11.5 Å². The van der Waals surface area contributed by atoms with Crippen LogP contribution in [0.5, 0.6) is 0 Å². The maximum Gasteiger partial charge on any atom is 1.00 e. The number of fused-ring (bicyclic) bond motifs is 1. The van der Waals surface area contributed by atoms with Crippen molar-refractivity contribution in [1.82, 2.24) is 4.90 Å². The normalized spacial score (nSPS) is 29.0. The number of β-lactam (4-membered cyclic amide) rings is 1. The molecule has 0 aromatic rings. The Bertz CT molecular complexity index is 441. The van der Waals surface area contributed by atoms with Gasteiger partial charge in [-0.25, -0.2) is 0 Å². The number of hydrogen-bond donors (Lipinski definition) is 1. The molecule has 0 aliphatic carbocycles. The third-order valence-corrected chi connectivity index (χ3v) is 3.11. The van der Waals surface area contributed by atoms with Gasteiger partial charge in [-0.15, -0.1) is 0 Å². The van der Waals surface area contributed by atoms with Gasteiger partial charge in [0.2, 0.25) is 0 Å². The summed E-state index contributed by atoms with van der Waals surface area (Å²) in [4.78, 5) is 23.7. The van der Waals surface area contributed by atoms with Crippen LogP contribution in [0.15, 0.2) is 22.9 Å². The molecule has 1 N–H and O–H groups in total. The Morgan fingerprint density at radius 1 is 1.59 bits per heavy atom. The maximum absolute atomic E-state index is 11.7. The Hall–Kier alpha value is -0.620. The molecule has 0 unspecified atom stereocenters. The smallest absolute Gasteiger partial charge is 0.543 e. The van der Waals surface area contributed by atoms with Crippen LogP contribution in [0.4, 0.5) is 0 Å². The Morgan fingerprint density at radius 2 is 2.18 bits per heavy atom. The first-order valence-electron chi connectivity index (χ1n) is 5.06. The predicted octanol–water partition coefficient (Wildman–Crippen LogP) is -4.21. The van der Waals surface area contributed by atoms with Crippen molar-refractivity contribution in [3.05, 3.63) is 22.9 Å². The van der Waals surface area contributed by atoms with Crippen molar-refractivity contribution in [1.29, 1.82) is 0 Å². The van der Waals surface area contributed by atoms with Gasteiger partial charge in [0.05, 0.1) is 24.3 Å². The number of aliphatic hydroxyl groups is 1. The van der Waals surface area contributed by atoms with Crippen LogP contribution in [0.1, 0.15) is 13.8 Å². The maximum atomic E-state index is 11.7. The Labute approximate surface area is 121 Å². The molecule has 0 bridgehead atoms. The van der Waals surface area contributed by atoms with E-state index in [1.165, 1.54) is 11.0 Å². The summed E-state index contributed by atoms with van der Waals surface area (Å²) in [5.41, 5.74) is 1.07. The van der Waals surface area contributed by atoms with Crippen molar-refractivity contribution < 1.29 is 49.4 Å². The summed E-state index contributed by atoms with van der Waals surface area (Å²) >= 11 is 0. The van der Waals surface area contributed by atoms with Crippen LogP contribution < -0.4 is 34.7 Å². The number of nitrogens with zero attached hydrogens (tertiary/aromatic N) is 1. The zero-order valence-corrected chi connectivity index (χ0v) is 12.1. The van der Waals surface area contributed by atoms with E-state index < -0.39 is 5.97 Å². The molecule has 0 aromatic carbocycles. The van der Waals surface area contributed by atoms with Crippen molar-refractivity contribution in [2.24, 2.45) is 5.92 Å². The van der Waals surface area contributed by atoms with E-state index in [0.29, 0.717) is 11.1 Å². The molecule has 0 radical (unpaired) electrons. The third kappa shape index (κ3) is 1.97. The number of carbonyl (C=O) groups excluding carboxylic acids is 2. The number of carbonyl (C=O) groups is 2. The molecule has 1 amide bonds. The van der Waals surface area contributed by atoms with Gasteiger partial charge in [0.1, 0.15) is 0 Å². The molecule has 1 fully saturated rings. The van der Waals surface area contributed by atoms with E-state index in [9.17, 15) is 14.7 Å². The van der Waals surface area contributed by atoms with E-state index in [1.807, 2.05) is 6.92 Å². The van der Waals surface area contributed by atoms with Crippen LogP contribution >= 0.6 is 0 Å². The molecule has 17 heavy (non-hydrogen) atoms. The van der Waals surface area contributed by atoms with E-state index in [2.05, 4.69) is 0 Å². The fourth-order valence-corrected chi connectivity index (χ4v) is 2.31. The number of aliphatic hydroxyl groups excluding tert-OH is 1. The molecule has 1 saturated heterocycles. The molecule has 0 aromatic heterocycles. The van der Waals surface area contributed by atoms with Crippen LogP contribution in [0.2, 0.25) is 0 Å². The average molecular weight is 245 g/mol. The number of amides is 1. The zero-order chi connectivity index (χ0) is 12.0. The molecular formula is C11H12NNaO4. The first kappa shape index (κ1) is 14.4. The second-order valence-corrected chi connectivity index (χ2v) is 4.17. The standard InChI is InChI=1S/C11H13NO4.Na/c1-5-3-7(11(15)16)12-9(5)8(10(12)14)6(2)4-13;/h3,5,9,13H,4H2,1-2H3,(H,15,16);/q;+1/p-1/b8-6+;/t5-,9+;/m1./s1. The number of rotatable bonds is 2. The molecule has 2 rings (SSSR count). The SMILES string of the molecule is C/C(CO)=C1\C(=O)N2C(C(=O)[O-])=C[C@@H](C)[C@@H]12.[Na+]. The summed E-state index contributed by atoms with van der Waals surface area (Å²) in [6, 6.07) is -0.243. The van der Waals surface area contributed by atoms with Gasteiger partial charge in [-0.3, -0.25) is 9.69 Å². The average Bonchev–Trinajstić information content (AvgIpc) is 2.52. The molecule has 0 saturated carbocycles. The van der Waals surface area contributed by atoms with Gasteiger partial charge in [-0.05, 0) is 12.5 Å². The van der Waals surface area contributed by atoms with E-state index in [4.69, 9.17) is 5.11 Å². The van der Waals surface area contributed by atoms with Gasteiger partial charge in [0.15, 0.2) is 0 Å². The molecular weight excluding hydrogens is 233 g/mol. The van der Waals surface area contributed by atoms with E-state index in [0.717, 1.165) is 0 Å². The summed E-state index contributed by atoms with van der Waals surface area (Å²) < 4.78 is 0. The first-order valence-corrected chi connectivity index (χ1v) is 5.06. The molecule has 5 nitrogen and oxygen atoms in total. The minimum absolute atomic E-state index is 0. The topological polar surface area (TPSA) is 80.7 Å². The number of carboxylic acid groups (broad SMARTS) is 1. The second-order valence-electron chi connectivity index (χ2n) is 4.17. The quantitative estimate of drug-likeness (QED) is 0.304. The monoisotopic (exact) mass is 245 g/mol. The predicted molar refractivity (Wildman–Crippen MR) is 52.7 cm³/mol. The fraction of sp³-hybridized carbons (Fsp3) is 0.455. The Balaban J connectivity index is 0.00000144. The summed E-state index contributed by atoms with van der Waals surface area (Å²) in [6.07, 6.45) is 1.52. The van der Waals surface area contributed by atoms with Crippen LogP contribution in [-0.2, 0) is 9.59 Å². The first-order chi connectivity index (χ1) is 7.49. The number of aliphatic carboxylic acids is 1. The zero-order valence-electron chi connectivity index (χ0n) is 10.1. The summed E-state index contributed by atoms with van der Waals surface area (Å²) in [5, 5.41) is 19.8. The molecule has 2 aliphatic rings. The number of hydrogen-bond acceptors (Lipinski definition) is 4. The van der Waals surface area contributed by atoms with Gasteiger partial charge in [-0.1, -0.05) is 13.0 Å². The van der Waals surface area contributed by atoms with Gasteiger partial charge in [-0.2, -0.15) is 0 Å². The molecule has 0 spiro atoms. The van der Waals surface area contributed by atoms with Crippen molar-refractivity contribution >= 4 is 11.9 Å². The Kier molecular flexibility index (Phi) is 4.19. The van der Waals surface area contributed by atoms with Crippen LogP contribution in [0.3, 0.4) is 0 Å². The van der Waals surface area contributed by atoms with Crippen molar-refractivity contribution in [3.8, 4) is 0 Å². The van der Waals surface area contributed by atoms with E-state index in [1.54, 1.807) is 6.92 Å². The minimum Gasteiger partial charge on any atom is -0.543 e. The summed E-state index contributed by atoms with van der Waals surface area (Å²) in [6.45, 7) is 3.33. The molecule has 2 aliphatic heterocycles. The summed E-state index contributed by atoms with van der Waals surface area (Å²) in [7, 11) is 0. The van der Waals surface area contributed by atoms with Gasteiger partial charge in [0.25, 0.3) is 5.91 Å². The largest absolute Gasteiger partial charge is 1.00 e. The molecule has 2 heterocycles. The summed E-state index contributed by atoms with van der Waals surface area (Å²) in [5.74, 6) is -1.72. The van der Waals surface area contributed by atoms with Crippen LogP contribution in [0.25, 0.3) is 0 Å². The van der Waals surface area contributed by atoms with Crippen LogP contribution in [0, 0.1) is 5.92 Å². The Morgan fingerprint density at radius 3 is 2.65 bits per heavy atom. The van der Waals surface area contributed by atoms with Crippen molar-refractivity contribution in [3.63, 3.8) is 0 Å².